The normalized spacial score (nSPS) is 0. The maximum absolute atomic E-state index is 0. The Morgan fingerprint density at radius 3 is 0.750 bits per heavy atom. The predicted molar refractivity (Wildman–Crippen MR) is 12.2 cm³/mol. The zero-order chi connectivity index (χ0) is 0. The SMILES string of the molecule is O.[BaH2].[Fe].[Fe]. The summed E-state index contributed by atoms with van der Waals surface area (Å²) < 4.78 is 0. The van der Waals surface area contributed by atoms with Crippen LogP contribution in [0.25, 0.3) is 0 Å². The van der Waals surface area contributed by atoms with Crippen molar-refractivity contribution < 1.29 is 39.6 Å². The molecule has 0 bridgehead atoms. The Balaban J connectivity index is 0. The van der Waals surface area contributed by atoms with Crippen molar-refractivity contribution >= 4 is 48.9 Å². The van der Waals surface area contributed by atoms with E-state index in [0.29, 0.717) is 0 Å². The fraction of sp³-hybridized carbons (Fsp3) is 0. The van der Waals surface area contributed by atoms with E-state index in [-0.39, 0.29) is 88.5 Å². The summed E-state index contributed by atoms with van der Waals surface area (Å²) in [5.41, 5.74) is 0. The molecule has 4 heavy (non-hydrogen) atoms. The molecule has 0 fully saturated rings. The van der Waals surface area contributed by atoms with Crippen molar-refractivity contribution in [2.45, 2.75) is 0 Å². The van der Waals surface area contributed by atoms with E-state index in [1.165, 1.54) is 0 Å². The molecule has 0 aromatic heterocycles. The molecule has 0 aromatic carbocycles. The molecule has 0 atom stereocenters. The van der Waals surface area contributed by atoms with Crippen molar-refractivity contribution in [3.8, 4) is 0 Å². The van der Waals surface area contributed by atoms with Gasteiger partial charge in [0.05, 0.1) is 0 Å². The first-order valence-electron chi connectivity index (χ1n) is 0. The van der Waals surface area contributed by atoms with Crippen LogP contribution in [-0.4, -0.2) is 54.4 Å². The zero-order valence-corrected chi connectivity index (χ0v) is 3.42. The van der Waals surface area contributed by atoms with Gasteiger partial charge in [0.15, 0.2) is 0 Å². The maximum atomic E-state index is 0. The summed E-state index contributed by atoms with van der Waals surface area (Å²) in [5.74, 6) is 0. The van der Waals surface area contributed by atoms with Gasteiger partial charge in [-0.15, -0.1) is 0 Å². The molecular formula is H4BaFe2O. The first-order valence-corrected chi connectivity index (χ1v) is 0. The maximum Gasteiger partial charge on any atom is 0 e. The van der Waals surface area contributed by atoms with Crippen LogP contribution in [0.3, 0.4) is 0 Å². The quantitative estimate of drug-likeness (QED) is 0.467. The van der Waals surface area contributed by atoms with E-state index in [4.69, 9.17) is 0 Å². The van der Waals surface area contributed by atoms with Crippen LogP contribution < -0.4 is 0 Å². The molecule has 0 spiro atoms. The Kier molecular flexibility index (Phi) is 136. The largest absolute Gasteiger partial charge is 0 e. The van der Waals surface area contributed by atoms with Gasteiger partial charge in [-0.1, -0.05) is 0 Å². The zero-order valence-electron chi connectivity index (χ0n) is 1.21. The van der Waals surface area contributed by atoms with Crippen molar-refractivity contribution in [2.75, 3.05) is 0 Å². The first kappa shape index (κ1) is 30.9. The summed E-state index contributed by atoms with van der Waals surface area (Å²) in [6.07, 6.45) is 0. The summed E-state index contributed by atoms with van der Waals surface area (Å²) in [7, 11) is 0. The molecule has 1 nitrogen and oxygen atoms in total. The monoisotopic (exact) mass is 270 g/mol. The van der Waals surface area contributed by atoms with Crippen molar-refractivity contribution in [3.63, 3.8) is 0 Å². The average Bonchev–Trinajstić information content (AvgIpc) is 0. The van der Waals surface area contributed by atoms with Crippen LogP contribution in [0.1, 0.15) is 0 Å². The summed E-state index contributed by atoms with van der Waals surface area (Å²) >= 11 is 0. The van der Waals surface area contributed by atoms with Gasteiger partial charge in [0.25, 0.3) is 0 Å². The Morgan fingerprint density at radius 2 is 0.750 bits per heavy atom. The molecule has 0 saturated heterocycles. The molecule has 0 aliphatic heterocycles. The smallest absolute Gasteiger partial charge is 0 e. The van der Waals surface area contributed by atoms with Crippen LogP contribution in [-0.2, 0) is 34.1 Å². The first-order chi connectivity index (χ1) is 0. The van der Waals surface area contributed by atoms with Gasteiger partial charge in [-0.3, -0.25) is 0 Å². The van der Waals surface area contributed by atoms with Crippen LogP contribution in [0, 0.1) is 0 Å². The van der Waals surface area contributed by atoms with E-state index < -0.39 is 0 Å². The fourth-order valence-electron chi connectivity index (χ4n) is 0. The predicted octanol–water partition coefficient (Wildman–Crippen LogP) is -1.75. The van der Waals surface area contributed by atoms with Gasteiger partial charge in [0.2, 0.25) is 0 Å². The molecule has 0 heterocycles. The minimum atomic E-state index is 0. The van der Waals surface area contributed by atoms with Crippen molar-refractivity contribution in [1.82, 2.24) is 0 Å². The second kappa shape index (κ2) is 17.6. The molecule has 0 radical (unpaired) electrons. The van der Waals surface area contributed by atoms with E-state index in [0.717, 1.165) is 0 Å². The molecule has 0 aromatic rings. The van der Waals surface area contributed by atoms with Crippen molar-refractivity contribution in [2.24, 2.45) is 0 Å². The van der Waals surface area contributed by atoms with Gasteiger partial charge in [-0.2, -0.15) is 0 Å². The molecule has 0 aliphatic carbocycles. The Hall–Kier alpha value is 2.57. The minimum absolute atomic E-state index is 0. The summed E-state index contributed by atoms with van der Waals surface area (Å²) in [6.45, 7) is 0. The minimum Gasteiger partial charge on any atom is 0 e. The van der Waals surface area contributed by atoms with Crippen LogP contribution in [0.15, 0.2) is 0 Å². The van der Waals surface area contributed by atoms with Gasteiger partial charge in [0.1, 0.15) is 0 Å². The standard InChI is InChI=1S/Ba.2Fe.H2O.2H/h;;;1H2;;. The molecule has 0 aliphatic rings. The molecule has 0 rings (SSSR count). The summed E-state index contributed by atoms with van der Waals surface area (Å²) in [4.78, 5) is 0. The molecule has 0 amide bonds. The summed E-state index contributed by atoms with van der Waals surface area (Å²) in [6, 6.07) is 0. The summed E-state index contributed by atoms with van der Waals surface area (Å²) in [5, 5.41) is 0. The molecule has 0 unspecified atom stereocenters. The number of hydrogen-bond donors (Lipinski definition) is 0. The average molecular weight is 269 g/mol. The van der Waals surface area contributed by atoms with E-state index in [1.54, 1.807) is 0 Å². The van der Waals surface area contributed by atoms with E-state index in [1.807, 2.05) is 0 Å². The Bertz CT molecular complexity index is 6.00. The van der Waals surface area contributed by atoms with Gasteiger partial charge < -0.3 is 5.48 Å². The number of hydrogen-bond acceptors (Lipinski definition) is 0. The molecule has 28 valence electrons. The van der Waals surface area contributed by atoms with Gasteiger partial charge in [-0.05, 0) is 0 Å². The third-order valence-corrected chi connectivity index (χ3v) is 0. The Morgan fingerprint density at radius 1 is 0.750 bits per heavy atom. The third kappa shape index (κ3) is 8.82. The number of rotatable bonds is 0. The topological polar surface area (TPSA) is 31.5 Å². The van der Waals surface area contributed by atoms with Gasteiger partial charge in [-0.25, -0.2) is 0 Å². The third-order valence-electron chi connectivity index (χ3n) is 0. The van der Waals surface area contributed by atoms with E-state index >= 15 is 0 Å². The van der Waals surface area contributed by atoms with Gasteiger partial charge in [0, 0.05) is 34.1 Å². The van der Waals surface area contributed by atoms with Crippen molar-refractivity contribution in [1.29, 1.82) is 0 Å². The Labute approximate surface area is 86.6 Å². The van der Waals surface area contributed by atoms with Crippen LogP contribution in [0.5, 0.6) is 0 Å². The van der Waals surface area contributed by atoms with E-state index in [9.17, 15) is 0 Å². The second-order valence-electron chi connectivity index (χ2n) is 0. The van der Waals surface area contributed by atoms with E-state index in [2.05, 4.69) is 0 Å². The molecular weight excluding hydrogens is 265 g/mol. The fourth-order valence-corrected chi connectivity index (χ4v) is 0. The molecule has 4 heteroatoms. The van der Waals surface area contributed by atoms with Gasteiger partial charge >= 0.3 is 48.9 Å². The van der Waals surface area contributed by atoms with Crippen LogP contribution in [0.4, 0.5) is 0 Å². The second-order valence-corrected chi connectivity index (χ2v) is 0. The van der Waals surface area contributed by atoms with Crippen LogP contribution >= 0.6 is 0 Å². The van der Waals surface area contributed by atoms with Crippen LogP contribution in [0.2, 0.25) is 0 Å². The molecule has 2 N–H and O–H groups in total. The van der Waals surface area contributed by atoms with Crippen molar-refractivity contribution in [3.05, 3.63) is 0 Å². The molecule has 0 saturated carbocycles.